The van der Waals surface area contributed by atoms with Crippen LogP contribution < -0.4 is 5.73 Å². The first-order valence-corrected chi connectivity index (χ1v) is 2.58. The minimum atomic E-state index is 0. The summed E-state index contributed by atoms with van der Waals surface area (Å²) in [5.74, 6) is 0. The summed E-state index contributed by atoms with van der Waals surface area (Å²) < 4.78 is 0. The summed E-state index contributed by atoms with van der Waals surface area (Å²) in [4.78, 5) is 0. The first-order chi connectivity index (χ1) is 4.00. The van der Waals surface area contributed by atoms with Gasteiger partial charge >= 0.3 is 0 Å². The van der Waals surface area contributed by atoms with Gasteiger partial charge in [-0.3, -0.25) is 0 Å². The number of hydrogen-bond donors (Lipinski definition) is 1. The van der Waals surface area contributed by atoms with Crippen molar-refractivity contribution in [3.8, 4) is 0 Å². The Balaban J connectivity index is 0. The van der Waals surface area contributed by atoms with Gasteiger partial charge in [0.15, 0.2) is 0 Å². The van der Waals surface area contributed by atoms with Crippen LogP contribution in [0.3, 0.4) is 0 Å². The zero-order chi connectivity index (χ0) is 6.24. The minimum absolute atomic E-state index is 0. The molecule has 1 aromatic rings. The van der Waals surface area contributed by atoms with Crippen LogP contribution in [0.5, 0.6) is 0 Å². The minimum Gasteiger partial charge on any atom is -0.333 e. The molecule has 2 heteroatoms. The quantitative estimate of drug-likeness (QED) is 0.583. The van der Waals surface area contributed by atoms with E-state index in [0.717, 1.165) is 0 Å². The molecule has 0 radical (unpaired) electrons. The predicted octanol–water partition coefficient (Wildman–Crippen LogP) is 1.37. The Labute approximate surface area is 63.3 Å². The molecule has 0 saturated carbocycles. The monoisotopic (exact) mass is 143 g/mol. The van der Waals surface area contributed by atoms with E-state index in [9.17, 15) is 0 Å². The van der Waals surface area contributed by atoms with E-state index in [1.54, 1.807) is 0 Å². The second-order valence-electron chi connectivity index (χ2n) is 1.15. The Hall–Kier alpha value is -0.470. The summed E-state index contributed by atoms with van der Waals surface area (Å²) in [6.45, 7) is 0. The van der Waals surface area contributed by atoms with Crippen LogP contribution in [0.15, 0.2) is 36.4 Å². The summed E-state index contributed by atoms with van der Waals surface area (Å²) in [5.41, 5.74) is 4.50. The van der Waals surface area contributed by atoms with Gasteiger partial charge in [-0.1, -0.05) is 36.4 Å². The zero-order valence-corrected chi connectivity index (χ0v) is 6.54. The molecule has 9 heavy (non-hydrogen) atoms. The van der Waals surface area contributed by atoms with Crippen LogP contribution in [0, 0.1) is 0 Å². The maximum atomic E-state index is 4.50. The molecular formula is C7H13NS. The Morgan fingerprint density at radius 3 is 0.889 bits per heavy atom. The molecule has 1 nitrogen and oxygen atoms in total. The van der Waals surface area contributed by atoms with Crippen molar-refractivity contribution < 1.29 is 0 Å². The fourth-order valence-electron chi connectivity index (χ4n) is 0.385. The molecule has 1 rings (SSSR count). The lowest BCUT2D eigenvalue weighted by molar-refractivity contribution is 1.48. The highest BCUT2D eigenvalue weighted by Gasteiger charge is 1.57. The van der Waals surface area contributed by atoms with Crippen molar-refractivity contribution in [3.63, 3.8) is 0 Å². The normalized spacial score (nSPS) is 6.00. The lowest BCUT2D eigenvalue weighted by atomic mass is 10.4. The van der Waals surface area contributed by atoms with Crippen LogP contribution in [0.25, 0.3) is 0 Å². The third-order valence-corrected chi connectivity index (χ3v) is 0.667. The molecule has 2 N–H and O–H groups in total. The molecule has 0 atom stereocenters. The van der Waals surface area contributed by atoms with Crippen LogP contribution in [0.2, 0.25) is 0 Å². The standard InChI is InChI=1S/C6H6.CH5N.H2S/c1-2-4-6-5-3-1;1-2;/h1-6H;2H2,1H3;1H2. The van der Waals surface area contributed by atoms with Gasteiger partial charge in [0.2, 0.25) is 0 Å². The number of nitrogens with two attached hydrogens (primary N) is 1. The molecule has 0 aliphatic rings. The number of rotatable bonds is 0. The van der Waals surface area contributed by atoms with Crippen LogP contribution >= 0.6 is 13.5 Å². The zero-order valence-electron chi connectivity index (χ0n) is 5.54. The second-order valence-corrected chi connectivity index (χ2v) is 1.15. The largest absolute Gasteiger partial charge is 0.333 e. The van der Waals surface area contributed by atoms with E-state index in [-0.39, 0.29) is 13.5 Å². The fourth-order valence-corrected chi connectivity index (χ4v) is 0.385. The van der Waals surface area contributed by atoms with Crippen molar-refractivity contribution in [1.29, 1.82) is 0 Å². The molecule has 0 unspecified atom stereocenters. The molecule has 0 aliphatic carbocycles. The molecule has 0 heterocycles. The molecule has 0 aromatic heterocycles. The van der Waals surface area contributed by atoms with E-state index in [0.29, 0.717) is 0 Å². The molecule has 0 bridgehead atoms. The van der Waals surface area contributed by atoms with Crippen molar-refractivity contribution in [2.45, 2.75) is 0 Å². The van der Waals surface area contributed by atoms with Crippen molar-refractivity contribution in [2.24, 2.45) is 5.73 Å². The van der Waals surface area contributed by atoms with Gasteiger partial charge in [-0.25, -0.2) is 0 Å². The van der Waals surface area contributed by atoms with E-state index in [2.05, 4.69) is 5.73 Å². The number of hydrogen-bond acceptors (Lipinski definition) is 1. The Kier molecular flexibility index (Phi) is 13.2. The second kappa shape index (κ2) is 10.5. The third-order valence-electron chi connectivity index (χ3n) is 0.667. The lowest BCUT2D eigenvalue weighted by Gasteiger charge is -1.69. The van der Waals surface area contributed by atoms with Gasteiger partial charge in [-0.15, -0.1) is 0 Å². The van der Waals surface area contributed by atoms with Crippen LogP contribution in [0.1, 0.15) is 0 Å². The van der Waals surface area contributed by atoms with E-state index in [1.807, 2.05) is 36.4 Å². The maximum Gasteiger partial charge on any atom is -0.0195 e. The molecule has 0 saturated heterocycles. The average Bonchev–Trinajstić information content (AvgIpc) is 1.96. The fraction of sp³-hybridized carbons (Fsp3) is 0.143. The maximum absolute atomic E-state index is 4.50. The molecule has 0 spiro atoms. The Morgan fingerprint density at radius 1 is 0.667 bits per heavy atom. The van der Waals surface area contributed by atoms with Crippen LogP contribution in [-0.4, -0.2) is 7.05 Å². The van der Waals surface area contributed by atoms with E-state index < -0.39 is 0 Å². The van der Waals surface area contributed by atoms with Gasteiger partial charge in [-0.2, -0.15) is 13.5 Å². The van der Waals surface area contributed by atoms with Crippen molar-refractivity contribution in [1.82, 2.24) is 0 Å². The molecule has 0 fully saturated rings. The molecule has 1 aromatic carbocycles. The van der Waals surface area contributed by atoms with Crippen LogP contribution in [0.4, 0.5) is 0 Å². The van der Waals surface area contributed by atoms with Gasteiger partial charge in [0.1, 0.15) is 0 Å². The van der Waals surface area contributed by atoms with E-state index in [4.69, 9.17) is 0 Å². The molecular weight excluding hydrogens is 130 g/mol. The first kappa shape index (κ1) is 11.3. The highest BCUT2D eigenvalue weighted by molar-refractivity contribution is 7.59. The summed E-state index contributed by atoms with van der Waals surface area (Å²) in [5, 5.41) is 0. The lowest BCUT2D eigenvalue weighted by Crippen LogP contribution is -1.69. The molecule has 0 amide bonds. The number of benzene rings is 1. The first-order valence-electron chi connectivity index (χ1n) is 2.58. The van der Waals surface area contributed by atoms with Gasteiger partial charge in [-0.05, 0) is 7.05 Å². The average molecular weight is 143 g/mol. The van der Waals surface area contributed by atoms with Crippen molar-refractivity contribution in [3.05, 3.63) is 36.4 Å². The third kappa shape index (κ3) is 7.53. The predicted molar refractivity (Wildman–Crippen MR) is 46.9 cm³/mol. The smallest absolute Gasteiger partial charge is 0.0195 e. The topological polar surface area (TPSA) is 26.0 Å². The summed E-state index contributed by atoms with van der Waals surface area (Å²) in [7, 11) is 1.50. The van der Waals surface area contributed by atoms with Crippen LogP contribution in [-0.2, 0) is 0 Å². The Morgan fingerprint density at radius 2 is 0.778 bits per heavy atom. The summed E-state index contributed by atoms with van der Waals surface area (Å²) >= 11 is 0. The van der Waals surface area contributed by atoms with Crippen molar-refractivity contribution in [2.75, 3.05) is 7.05 Å². The molecule has 52 valence electrons. The van der Waals surface area contributed by atoms with Gasteiger partial charge in [0.25, 0.3) is 0 Å². The highest BCUT2D eigenvalue weighted by Crippen LogP contribution is 1.79. The summed E-state index contributed by atoms with van der Waals surface area (Å²) in [6.07, 6.45) is 0. The SMILES string of the molecule is CN.S.c1ccccc1. The van der Waals surface area contributed by atoms with E-state index >= 15 is 0 Å². The van der Waals surface area contributed by atoms with E-state index in [1.165, 1.54) is 7.05 Å². The van der Waals surface area contributed by atoms with Crippen molar-refractivity contribution >= 4 is 13.5 Å². The molecule has 0 aliphatic heterocycles. The van der Waals surface area contributed by atoms with Gasteiger partial charge in [0.05, 0.1) is 0 Å². The summed E-state index contributed by atoms with van der Waals surface area (Å²) in [6, 6.07) is 12.0. The Bertz CT molecular complexity index is 80.8. The van der Waals surface area contributed by atoms with Gasteiger partial charge in [0, 0.05) is 0 Å². The highest BCUT2D eigenvalue weighted by atomic mass is 32.1. The van der Waals surface area contributed by atoms with Gasteiger partial charge < -0.3 is 5.73 Å².